The van der Waals surface area contributed by atoms with Gasteiger partial charge in [0.25, 0.3) is 5.79 Å². The molecule has 27 nitrogen and oxygen atoms in total. The number of amides is 1. The number of aliphatic hydroxyl groups excluding tert-OH is 9. The van der Waals surface area contributed by atoms with Gasteiger partial charge in [-0.1, -0.05) is 18.9 Å². The smallest absolute Gasteiger partial charge is 0.364 e. The van der Waals surface area contributed by atoms with Crippen molar-refractivity contribution in [3.8, 4) is 28.2 Å². The SMILES string of the molecule is CC(=O)N[C@H]1[C@H](OCCCCCCNC(=S)Nc2ccc(-c3c4ccc(=O)cc-4oc4cc(O)ccc34)c(C(=O)O)c2)O[C@H](CO)[C@@H](O[C@@H]2O[C@H](CO[C@]3(C(=O)O)C[C@H](O)[C@@H](N)[C@H]([C@H](O)[C@H](O)CO)O3)[C@H](O)[C@H](O)[C@H]2O)[C@@H]1O. The second-order valence-electron chi connectivity index (χ2n) is 19.1. The number of rotatable bonds is 22. The molecular weight excluding hydrogens is 1060 g/mol. The van der Waals surface area contributed by atoms with Gasteiger partial charge in [0.05, 0.1) is 37.5 Å². The lowest BCUT2D eigenvalue weighted by atomic mass is 9.89. The van der Waals surface area contributed by atoms with Crippen molar-refractivity contribution in [3.63, 3.8) is 0 Å². The molecule has 0 aromatic heterocycles. The Hall–Kier alpha value is -5.61. The number of phenols is 1. The molecule has 28 heteroatoms. The molecule has 0 saturated carbocycles. The lowest BCUT2D eigenvalue weighted by Crippen LogP contribution is -2.68. The summed E-state index contributed by atoms with van der Waals surface area (Å²) in [6.07, 6.45) is -21.7. The fourth-order valence-electron chi connectivity index (χ4n) is 9.52. The maximum absolute atomic E-state index is 12.6. The molecule has 0 radical (unpaired) electrons. The van der Waals surface area contributed by atoms with E-state index in [1.165, 1.54) is 30.3 Å². The lowest BCUT2D eigenvalue weighted by Gasteiger charge is -2.48. The molecule has 4 aliphatic heterocycles. The molecule has 2 aromatic rings. The maximum Gasteiger partial charge on any atom is 0.364 e. The van der Waals surface area contributed by atoms with Gasteiger partial charge in [-0.15, -0.1) is 0 Å². The van der Waals surface area contributed by atoms with Crippen LogP contribution in [0.1, 0.15) is 49.4 Å². The Kier molecular flexibility index (Phi) is 20.1. The van der Waals surface area contributed by atoms with Crippen molar-refractivity contribution in [2.45, 2.75) is 137 Å². The predicted molar refractivity (Wildman–Crippen MR) is 272 cm³/mol. The third kappa shape index (κ3) is 13.5. The highest BCUT2D eigenvalue weighted by Gasteiger charge is 2.56. The summed E-state index contributed by atoms with van der Waals surface area (Å²) < 4.78 is 40.3. The third-order valence-electron chi connectivity index (χ3n) is 13.6. The Morgan fingerprint density at radius 2 is 1.59 bits per heavy atom. The molecule has 1 aliphatic carbocycles. The van der Waals surface area contributed by atoms with Gasteiger partial charge < -0.3 is 116 Å². The standard InChI is InChI=1S/C50H64N4O23S/c1-21(57)53-37-40(64)43(76-47-42(66)41(65)39(63)34(75-47)20-72-50(48(69)70)17-29(60)36(51)44(77-50)38(62)30(61)18-55)33(19-56)74-46(37)71-13-5-3-2-4-12-52-49(78)54-22-6-9-25(28(14-22)45(67)68)35-26-10-7-23(58)15-31(26)73-32-16-24(59)8-11-27(32)35/h6-11,14-16,29-30,33-34,36-44,46-47,55-56,58,60-66H,2-5,12-13,17-20,51H2,1H3,(H,53,57)(H,67,68)(H,69,70)(H2,52,54,78)/t29-,30+,33+,34+,36+,37+,38+,39-,40+,41-,42+,43+,44+,46+,47-,50+/m0/s1. The van der Waals surface area contributed by atoms with E-state index in [2.05, 4.69) is 16.0 Å². The molecule has 16 atom stereocenters. The number of benzene rings is 3. The minimum absolute atomic E-state index is 0.0559. The number of carbonyl (C=O) groups excluding carboxylic acids is 1. The summed E-state index contributed by atoms with van der Waals surface area (Å²) in [5, 5.41) is 135. The van der Waals surface area contributed by atoms with E-state index in [0.717, 1.165) is 6.92 Å². The van der Waals surface area contributed by atoms with Crippen molar-refractivity contribution < 1.29 is 109 Å². The largest absolute Gasteiger partial charge is 0.508 e. The van der Waals surface area contributed by atoms with E-state index in [0.29, 0.717) is 60.0 Å². The van der Waals surface area contributed by atoms with E-state index in [1.807, 2.05) is 0 Å². The lowest BCUT2D eigenvalue weighted by molar-refractivity contribution is -0.359. The zero-order chi connectivity index (χ0) is 56.7. The summed E-state index contributed by atoms with van der Waals surface area (Å²) in [6, 6.07) is 10.5. The van der Waals surface area contributed by atoms with Gasteiger partial charge in [-0.05, 0) is 67.0 Å². The van der Waals surface area contributed by atoms with E-state index in [1.54, 1.807) is 24.3 Å². The number of nitrogens with one attached hydrogen (secondary N) is 3. The van der Waals surface area contributed by atoms with Gasteiger partial charge in [0.1, 0.15) is 84.2 Å². The second-order valence-corrected chi connectivity index (χ2v) is 19.6. The summed E-state index contributed by atoms with van der Waals surface area (Å²) >= 11 is 5.49. The molecular formula is C50H64N4O23S. The Bertz CT molecular complexity index is 2770. The van der Waals surface area contributed by atoms with Crippen LogP contribution in [-0.2, 0) is 38.0 Å². The number of hydrogen-bond donors (Lipinski definition) is 16. The molecule has 17 N–H and O–H groups in total. The number of aliphatic hydroxyl groups is 9. The van der Waals surface area contributed by atoms with Crippen LogP contribution in [0.15, 0.2) is 63.8 Å². The summed E-state index contributed by atoms with van der Waals surface area (Å²) in [6.45, 7) is -1.11. The molecule has 3 saturated heterocycles. The quantitative estimate of drug-likeness (QED) is 0.0221. The summed E-state index contributed by atoms with van der Waals surface area (Å²) in [4.78, 5) is 49.7. The Morgan fingerprint density at radius 3 is 2.28 bits per heavy atom. The van der Waals surface area contributed by atoms with Crippen LogP contribution >= 0.6 is 12.2 Å². The molecule has 428 valence electrons. The molecule has 0 unspecified atom stereocenters. The van der Waals surface area contributed by atoms with E-state index < -0.39 is 142 Å². The van der Waals surface area contributed by atoms with E-state index in [4.69, 9.17) is 50.8 Å². The fourth-order valence-corrected chi connectivity index (χ4v) is 9.74. The summed E-state index contributed by atoms with van der Waals surface area (Å²) in [7, 11) is 0. The molecule has 0 bridgehead atoms. The number of nitrogens with two attached hydrogens (primary N) is 1. The van der Waals surface area contributed by atoms with Gasteiger partial charge in [0, 0.05) is 60.8 Å². The number of anilines is 1. The number of hydrogen-bond acceptors (Lipinski definition) is 23. The monoisotopic (exact) mass is 1120 g/mol. The van der Waals surface area contributed by atoms with Crippen LogP contribution in [0.2, 0.25) is 0 Å². The first-order chi connectivity index (χ1) is 37.1. The van der Waals surface area contributed by atoms with Crippen molar-refractivity contribution in [3.05, 3.63) is 70.4 Å². The first-order valence-corrected chi connectivity index (χ1v) is 25.2. The Morgan fingerprint density at radius 1 is 0.872 bits per heavy atom. The van der Waals surface area contributed by atoms with Gasteiger partial charge >= 0.3 is 11.9 Å². The number of carboxylic acids is 2. The first-order valence-electron chi connectivity index (χ1n) is 24.8. The fraction of sp³-hybridized carbons (Fsp3) is 0.540. The summed E-state index contributed by atoms with van der Waals surface area (Å²) in [5.74, 6) is -6.37. The van der Waals surface area contributed by atoms with Crippen LogP contribution < -0.4 is 27.1 Å². The van der Waals surface area contributed by atoms with E-state index in [9.17, 15) is 80.5 Å². The molecule has 1 amide bonds. The molecule has 4 heterocycles. The van der Waals surface area contributed by atoms with Crippen LogP contribution in [0.25, 0.3) is 33.4 Å². The number of aromatic hydroxyl groups is 1. The maximum atomic E-state index is 12.6. The van der Waals surface area contributed by atoms with Crippen LogP contribution in [0.3, 0.4) is 0 Å². The van der Waals surface area contributed by atoms with Gasteiger partial charge in [0.15, 0.2) is 23.1 Å². The number of unbranched alkanes of at least 4 members (excludes halogenated alkanes) is 3. The molecule has 7 rings (SSSR count). The van der Waals surface area contributed by atoms with Crippen molar-refractivity contribution in [2.24, 2.45) is 5.73 Å². The third-order valence-corrected chi connectivity index (χ3v) is 13.9. The topological polar surface area (TPSA) is 442 Å². The van der Waals surface area contributed by atoms with Crippen LogP contribution in [0.4, 0.5) is 5.69 Å². The zero-order valence-corrected chi connectivity index (χ0v) is 42.6. The normalized spacial score (nSPS) is 30.1. The average molecular weight is 1120 g/mol. The molecule has 3 fully saturated rings. The molecule has 78 heavy (non-hydrogen) atoms. The van der Waals surface area contributed by atoms with Crippen molar-refractivity contribution in [2.75, 3.05) is 38.3 Å². The van der Waals surface area contributed by atoms with E-state index >= 15 is 0 Å². The van der Waals surface area contributed by atoms with Crippen LogP contribution in [0, 0.1) is 0 Å². The van der Waals surface area contributed by atoms with Crippen LogP contribution in [0.5, 0.6) is 5.75 Å². The number of carbonyl (C=O) groups is 3. The Labute approximate surface area is 449 Å². The number of aliphatic carboxylic acids is 1. The Balaban J connectivity index is 0.898. The highest BCUT2D eigenvalue weighted by atomic mass is 32.1. The molecule has 5 aliphatic rings. The van der Waals surface area contributed by atoms with Gasteiger partial charge in [-0.25, -0.2) is 9.59 Å². The van der Waals surface area contributed by atoms with Crippen molar-refractivity contribution in [1.29, 1.82) is 0 Å². The minimum Gasteiger partial charge on any atom is -0.508 e. The number of carboxylic acid groups (broad SMARTS) is 2. The zero-order valence-electron chi connectivity index (χ0n) is 41.8. The van der Waals surface area contributed by atoms with Gasteiger partial charge in [-0.2, -0.15) is 0 Å². The number of phenolic OH excluding ortho intramolecular Hbond substituents is 1. The molecule has 0 spiro atoms. The van der Waals surface area contributed by atoms with Crippen molar-refractivity contribution in [1.82, 2.24) is 10.6 Å². The number of fused-ring (bicyclic) bond motifs is 2. The van der Waals surface area contributed by atoms with E-state index in [-0.39, 0.29) is 39.8 Å². The number of thiocarbonyl (C=S) groups is 1. The van der Waals surface area contributed by atoms with Crippen LogP contribution in [-0.4, -0.2) is 215 Å². The second kappa shape index (κ2) is 26.1. The number of aromatic carboxylic acids is 1. The average Bonchev–Trinajstić information content (AvgIpc) is 3.55. The predicted octanol–water partition coefficient (Wildman–Crippen LogP) is -2.40. The summed E-state index contributed by atoms with van der Waals surface area (Å²) in [5.41, 5.74) is 7.48. The highest BCUT2D eigenvalue weighted by molar-refractivity contribution is 7.80. The highest BCUT2D eigenvalue weighted by Crippen LogP contribution is 2.43. The number of ether oxygens (including phenoxy) is 6. The van der Waals surface area contributed by atoms with Crippen molar-refractivity contribution >= 4 is 51.8 Å². The van der Waals surface area contributed by atoms with Gasteiger partial charge in [0.2, 0.25) is 5.91 Å². The first kappa shape index (κ1) is 60.0. The minimum atomic E-state index is -2.80. The van der Waals surface area contributed by atoms with Gasteiger partial charge in [-0.3, -0.25) is 9.59 Å². The molecule has 2 aromatic carbocycles.